The van der Waals surface area contributed by atoms with Gasteiger partial charge < -0.3 is 14.4 Å². The Morgan fingerprint density at radius 1 is 1.23 bits per heavy atom. The highest BCUT2D eigenvalue weighted by molar-refractivity contribution is 5.83. The van der Waals surface area contributed by atoms with Crippen molar-refractivity contribution in [1.29, 1.82) is 0 Å². The Labute approximate surface area is 132 Å². The number of hydrogen-bond acceptors (Lipinski definition) is 3. The molecule has 0 bridgehead atoms. The standard InChI is InChI=1S/C18H25N3O/c1-19(2)11-7-13-21-16-10-5-4-8-14(16)17(22)15-9-6-12-20(3)18(15)21/h4-5,8,10H,6-7,9,11-13H2,1-3H3. The summed E-state index contributed by atoms with van der Waals surface area (Å²) in [5.74, 6) is 1.13. The number of hydrogen-bond donors (Lipinski definition) is 0. The molecular weight excluding hydrogens is 274 g/mol. The first-order chi connectivity index (χ1) is 10.6. The molecule has 0 spiro atoms. The van der Waals surface area contributed by atoms with E-state index in [9.17, 15) is 4.79 Å². The minimum Gasteiger partial charge on any atom is -0.361 e. The molecule has 0 N–H and O–H groups in total. The summed E-state index contributed by atoms with van der Waals surface area (Å²) in [5.41, 5.74) is 2.29. The largest absolute Gasteiger partial charge is 0.361 e. The predicted octanol–water partition coefficient (Wildman–Crippen LogP) is 2.34. The molecule has 0 saturated carbocycles. The summed E-state index contributed by atoms with van der Waals surface area (Å²) in [6.07, 6.45) is 3.05. The summed E-state index contributed by atoms with van der Waals surface area (Å²) >= 11 is 0. The van der Waals surface area contributed by atoms with E-state index in [0.29, 0.717) is 0 Å². The average molecular weight is 299 g/mol. The number of aryl methyl sites for hydroxylation is 1. The van der Waals surface area contributed by atoms with Crippen molar-refractivity contribution in [3.63, 3.8) is 0 Å². The fraction of sp³-hybridized carbons (Fsp3) is 0.500. The minimum atomic E-state index is 0.223. The molecule has 0 atom stereocenters. The molecule has 1 aliphatic rings. The van der Waals surface area contributed by atoms with E-state index in [-0.39, 0.29) is 5.43 Å². The number of fused-ring (bicyclic) bond motifs is 2. The molecule has 1 aliphatic heterocycles. The van der Waals surface area contributed by atoms with Gasteiger partial charge in [-0.25, -0.2) is 0 Å². The van der Waals surface area contributed by atoms with Gasteiger partial charge in [0.1, 0.15) is 5.82 Å². The Kier molecular flexibility index (Phi) is 4.21. The molecule has 2 aromatic rings. The van der Waals surface area contributed by atoms with Gasteiger partial charge in [-0.15, -0.1) is 0 Å². The molecule has 0 amide bonds. The van der Waals surface area contributed by atoms with E-state index < -0.39 is 0 Å². The Balaban J connectivity index is 2.16. The van der Waals surface area contributed by atoms with Crippen LogP contribution in [0.15, 0.2) is 29.1 Å². The third-order valence-electron chi connectivity index (χ3n) is 4.51. The van der Waals surface area contributed by atoms with E-state index in [2.05, 4.69) is 41.6 Å². The monoisotopic (exact) mass is 299 g/mol. The third kappa shape index (κ3) is 2.63. The summed E-state index contributed by atoms with van der Waals surface area (Å²) in [5, 5.41) is 0.862. The summed E-state index contributed by atoms with van der Waals surface area (Å²) in [7, 11) is 6.31. The van der Waals surface area contributed by atoms with Crippen LogP contribution in [0.3, 0.4) is 0 Å². The summed E-state index contributed by atoms with van der Waals surface area (Å²) in [6.45, 7) is 3.03. The van der Waals surface area contributed by atoms with Crippen molar-refractivity contribution in [2.45, 2.75) is 25.8 Å². The lowest BCUT2D eigenvalue weighted by atomic mass is 10.0. The Bertz CT molecular complexity index is 733. The maximum Gasteiger partial charge on any atom is 0.194 e. The lowest BCUT2D eigenvalue weighted by Crippen LogP contribution is -2.33. The van der Waals surface area contributed by atoms with Crippen LogP contribution in [0.25, 0.3) is 10.9 Å². The molecule has 0 aliphatic carbocycles. The van der Waals surface area contributed by atoms with Gasteiger partial charge in [0.15, 0.2) is 5.43 Å². The zero-order valence-electron chi connectivity index (χ0n) is 13.8. The van der Waals surface area contributed by atoms with Gasteiger partial charge in [0.2, 0.25) is 0 Å². The zero-order valence-corrected chi connectivity index (χ0v) is 13.8. The average Bonchev–Trinajstić information content (AvgIpc) is 2.50. The van der Waals surface area contributed by atoms with Gasteiger partial charge in [-0.3, -0.25) is 4.79 Å². The number of rotatable bonds is 4. The van der Waals surface area contributed by atoms with Crippen LogP contribution in [0.1, 0.15) is 18.4 Å². The molecule has 118 valence electrons. The Hall–Kier alpha value is -1.81. The lowest BCUT2D eigenvalue weighted by Gasteiger charge is -2.31. The zero-order chi connectivity index (χ0) is 15.7. The lowest BCUT2D eigenvalue weighted by molar-refractivity contribution is 0.387. The first kappa shape index (κ1) is 15.1. The van der Waals surface area contributed by atoms with Crippen LogP contribution in [-0.4, -0.2) is 43.7 Å². The van der Waals surface area contributed by atoms with Crippen LogP contribution in [0.4, 0.5) is 5.82 Å². The van der Waals surface area contributed by atoms with Crippen LogP contribution >= 0.6 is 0 Å². The second-order valence-corrected chi connectivity index (χ2v) is 6.48. The van der Waals surface area contributed by atoms with Gasteiger partial charge in [0, 0.05) is 31.1 Å². The highest BCUT2D eigenvalue weighted by atomic mass is 16.1. The van der Waals surface area contributed by atoms with Crippen LogP contribution in [-0.2, 0) is 13.0 Å². The number of pyridine rings is 1. The smallest absolute Gasteiger partial charge is 0.194 e. The van der Waals surface area contributed by atoms with Crippen LogP contribution in [0.5, 0.6) is 0 Å². The normalized spacial score (nSPS) is 14.6. The molecule has 0 unspecified atom stereocenters. The van der Waals surface area contributed by atoms with Gasteiger partial charge >= 0.3 is 0 Å². The van der Waals surface area contributed by atoms with E-state index in [4.69, 9.17) is 0 Å². The van der Waals surface area contributed by atoms with E-state index in [1.165, 1.54) is 0 Å². The van der Waals surface area contributed by atoms with Gasteiger partial charge in [-0.1, -0.05) is 12.1 Å². The van der Waals surface area contributed by atoms with Crippen molar-refractivity contribution in [2.24, 2.45) is 0 Å². The quantitative estimate of drug-likeness (QED) is 0.867. The van der Waals surface area contributed by atoms with Crippen molar-refractivity contribution >= 4 is 16.7 Å². The summed E-state index contributed by atoms with van der Waals surface area (Å²) in [6, 6.07) is 8.04. The number of para-hydroxylation sites is 1. The molecule has 0 fully saturated rings. The van der Waals surface area contributed by atoms with Crippen molar-refractivity contribution in [1.82, 2.24) is 9.47 Å². The molecule has 0 radical (unpaired) electrons. The second kappa shape index (κ2) is 6.13. The molecule has 1 aromatic carbocycles. The molecule has 2 heterocycles. The minimum absolute atomic E-state index is 0.223. The Morgan fingerprint density at radius 3 is 2.77 bits per heavy atom. The fourth-order valence-corrected chi connectivity index (χ4v) is 3.47. The van der Waals surface area contributed by atoms with E-state index >= 15 is 0 Å². The first-order valence-electron chi connectivity index (χ1n) is 8.10. The Morgan fingerprint density at radius 2 is 2.00 bits per heavy atom. The second-order valence-electron chi connectivity index (χ2n) is 6.48. The van der Waals surface area contributed by atoms with Gasteiger partial charge in [0.25, 0.3) is 0 Å². The van der Waals surface area contributed by atoms with Gasteiger partial charge in [-0.2, -0.15) is 0 Å². The highest BCUT2D eigenvalue weighted by Gasteiger charge is 2.22. The summed E-state index contributed by atoms with van der Waals surface area (Å²) in [4.78, 5) is 17.3. The number of benzene rings is 1. The predicted molar refractivity (Wildman–Crippen MR) is 93.0 cm³/mol. The molecule has 22 heavy (non-hydrogen) atoms. The fourth-order valence-electron chi connectivity index (χ4n) is 3.47. The first-order valence-corrected chi connectivity index (χ1v) is 8.10. The highest BCUT2D eigenvalue weighted by Crippen LogP contribution is 2.28. The topological polar surface area (TPSA) is 28.5 Å². The van der Waals surface area contributed by atoms with Crippen molar-refractivity contribution in [3.05, 3.63) is 40.1 Å². The molecule has 1 aromatic heterocycles. The van der Waals surface area contributed by atoms with Crippen molar-refractivity contribution in [3.8, 4) is 0 Å². The van der Waals surface area contributed by atoms with Crippen molar-refractivity contribution < 1.29 is 0 Å². The van der Waals surface area contributed by atoms with Crippen LogP contribution in [0, 0.1) is 0 Å². The van der Waals surface area contributed by atoms with Crippen LogP contribution < -0.4 is 10.3 Å². The molecule has 0 saturated heterocycles. The van der Waals surface area contributed by atoms with Crippen molar-refractivity contribution in [2.75, 3.05) is 39.1 Å². The number of nitrogens with zero attached hydrogens (tertiary/aromatic N) is 3. The number of anilines is 1. The van der Waals surface area contributed by atoms with Gasteiger partial charge in [0.05, 0.1) is 5.52 Å². The SMILES string of the molecule is CN(C)CCCn1c2c(c(=O)c3ccccc31)CCCN2C. The third-order valence-corrected chi connectivity index (χ3v) is 4.51. The molecular formula is C18H25N3O. The maximum absolute atomic E-state index is 12.8. The summed E-state index contributed by atoms with van der Waals surface area (Å²) < 4.78 is 2.36. The molecule has 4 heteroatoms. The van der Waals surface area contributed by atoms with Crippen LogP contribution in [0.2, 0.25) is 0 Å². The molecule has 4 nitrogen and oxygen atoms in total. The molecule has 3 rings (SSSR count). The van der Waals surface area contributed by atoms with E-state index in [0.717, 1.165) is 61.2 Å². The maximum atomic E-state index is 12.8. The van der Waals surface area contributed by atoms with Gasteiger partial charge in [-0.05, 0) is 52.0 Å². The number of aromatic nitrogens is 1. The van der Waals surface area contributed by atoms with E-state index in [1.54, 1.807) is 0 Å². The van der Waals surface area contributed by atoms with E-state index in [1.807, 2.05) is 18.2 Å².